The van der Waals surface area contributed by atoms with Crippen LogP contribution >= 0.6 is 11.3 Å². The summed E-state index contributed by atoms with van der Waals surface area (Å²) in [6.07, 6.45) is 4.53. The zero-order valence-electron chi connectivity index (χ0n) is 19.4. The minimum atomic E-state index is -0.0586. The molecule has 0 aliphatic heterocycles. The molecule has 6 nitrogen and oxygen atoms in total. The fraction of sp³-hybridized carbons (Fsp3) is 0.222. The Morgan fingerprint density at radius 3 is 2.79 bits per heavy atom. The number of hydrogen-bond acceptors (Lipinski definition) is 5. The van der Waals surface area contributed by atoms with Crippen LogP contribution in [0.15, 0.2) is 73.1 Å². The summed E-state index contributed by atoms with van der Waals surface area (Å²) >= 11 is 1.52. The van der Waals surface area contributed by atoms with E-state index in [4.69, 9.17) is 4.98 Å². The van der Waals surface area contributed by atoms with E-state index < -0.39 is 0 Å². The summed E-state index contributed by atoms with van der Waals surface area (Å²) in [4.78, 5) is 24.8. The van der Waals surface area contributed by atoms with Gasteiger partial charge in [-0.3, -0.25) is 9.78 Å². The van der Waals surface area contributed by atoms with E-state index in [9.17, 15) is 4.79 Å². The third-order valence-corrected chi connectivity index (χ3v) is 7.09. The van der Waals surface area contributed by atoms with Gasteiger partial charge in [0.15, 0.2) is 0 Å². The molecule has 0 aliphatic rings. The normalized spacial score (nSPS) is 11.2. The van der Waals surface area contributed by atoms with Gasteiger partial charge in [0.25, 0.3) is 5.91 Å². The number of imidazole rings is 1. The standard InChI is InChI=1S/C27H27N5OS/c1-3-13-32(18-26-30-22-8-4-5-9-23(22)31(26)2)21-10-11-24-20(14-21)15-25(34-24)27(33)29-17-19-7-6-12-28-16-19/h4-12,14-16H,3,13,17-18H2,1-2H3,(H,29,33). The Kier molecular flexibility index (Phi) is 6.27. The molecule has 0 radical (unpaired) electrons. The van der Waals surface area contributed by atoms with E-state index in [-0.39, 0.29) is 5.91 Å². The topological polar surface area (TPSA) is 63.1 Å². The molecule has 7 heteroatoms. The lowest BCUT2D eigenvalue weighted by molar-refractivity contribution is 0.0955. The molecule has 0 fully saturated rings. The van der Waals surface area contributed by atoms with Crippen LogP contribution in [-0.2, 0) is 20.1 Å². The summed E-state index contributed by atoms with van der Waals surface area (Å²) in [5, 5.41) is 4.08. The van der Waals surface area contributed by atoms with E-state index in [1.54, 1.807) is 12.4 Å². The fourth-order valence-electron chi connectivity index (χ4n) is 4.19. The van der Waals surface area contributed by atoms with Crippen LogP contribution in [0.5, 0.6) is 0 Å². The van der Waals surface area contributed by atoms with Crippen LogP contribution in [0.4, 0.5) is 5.69 Å². The molecule has 5 aromatic rings. The van der Waals surface area contributed by atoms with Gasteiger partial charge in [-0.25, -0.2) is 4.98 Å². The summed E-state index contributed by atoms with van der Waals surface area (Å²) in [6, 6.07) is 20.5. The maximum Gasteiger partial charge on any atom is 0.261 e. The average Bonchev–Trinajstić information content (AvgIpc) is 3.44. The first-order valence-electron chi connectivity index (χ1n) is 11.5. The van der Waals surface area contributed by atoms with Gasteiger partial charge in [0.05, 0.1) is 22.5 Å². The van der Waals surface area contributed by atoms with Crippen molar-refractivity contribution < 1.29 is 4.79 Å². The second-order valence-electron chi connectivity index (χ2n) is 8.37. The Bertz CT molecular complexity index is 1440. The molecule has 34 heavy (non-hydrogen) atoms. The molecule has 172 valence electrons. The lowest BCUT2D eigenvalue weighted by atomic mass is 10.2. The predicted molar refractivity (Wildman–Crippen MR) is 139 cm³/mol. The fourth-order valence-corrected chi connectivity index (χ4v) is 5.15. The molecule has 0 atom stereocenters. The Hall–Kier alpha value is -3.71. The second kappa shape index (κ2) is 9.65. The molecule has 0 bridgehead atoms. The first-order chi connectivity index (χ1) is 16.6. The molecule has 0 aliphatic carbocycles. The molecular formula is C27H27N5OS. The van der Waals surface area contributed by atoms with Crippen molar-refractivity contribution in [1.29, 1.82) is 0 Å². The number of nitrogens with one attached hydrogen (secondary N) is 1. The number of amides is 1. The number of anilines is 1. The van der Waals surface area contributed by atoms with Crippen molar-refractivity contribution in [2.24, 2.45) is 7.05 Å². The predicted octanol–water partition coefficient (Wildman–Crippen LogP) is 5.53. The highest BCUT2D eigenvalue weighted by Gasteiger charge is 2.15. The molecule has 3 aromatic heterocycles. The van der Waals surface area contributed by atoms with Crippen LogP contribution in [0.25, 0.3) is 21.1 Å². The third-order valence-electron chi connectivity index (χ3n) is 5.97. The highest BCUT2D eigenvalue weighted by atomic mass is 32.1. The molecule has 5 rings (SSSR count). The van der Waals surface area contributed by atoms with E-state index in [0.717, 1.165) is 57.7 Å². The summed E-state index contributed by atoms with van der Waals surface area (Å²) in [5.41, 5.74) is 4.29. The number of aromatic nitrogens is 3. The van der Waals surface area contributed by atoms with Crippen molar-refractivity contribution >= 4 is 44.1 Å². The van der Waals surface area contributed by atoms with E-state index in [1.807, 2.05) is 30.3 Å². The summed E-state index contributed by atoms with van der Waals surface area (Å²) in [7, 11) is 2.08. The third kappa shape index (κ3) is 4.52. The van der Waals surface area contributed by atoms with Crippen LogP contribution in [0.3, 0.4) is 0 Å². The van der Waals surface area contributed by atoms with E-state index in [2.05, 4.69) is 64.1 Å². The number of carbonyl (C=O) groups excluding carboxylic acids is 1. The molecule has 0 saturated carbocycles. The first kappa shape index (κ1) is 22.1. The Morgan fingerprint density at radius 1 is 1.12 bits per heavy atom. The highest BCUT2D eigenvalue weighted by Crippen LogP contribution is 2.30. The number of nitrogens with zero attached hydrogens (tertiary/aromatic N) is 4. The lowest BCUT2D eigenvalue weighted by Gasteiger charge is -2.24. The van der Waals surface area contributed by atoms with Gasteiger partial charge >= 0.3 is 0 Å². The number of pyridine rings is 1. The van der Waals surface area contributed by atoms with Crippen LogP contribution in [0.1, 0.15) is 34.4 Å². The van der Waals surface area contributed by atoms with Crippen molar-refractivity contribution in [1.82, 2.24) is 19.9 Å². The van der Waals surface area contributed by atoms with E-state index in [0.29, 0.717) is 11.4 Å². The van der Waals surface area contributed by atoms with Gasteiger partial charge in [0.2, 0.25) is 0 Å². The van der Waals surface area contributed by atoms with Crippen LogP contribution in [0.2, 0.25) is 0 Å². The van der Waals surface area contributed by atoms with Gasteiger partial charge in [-0.2, -0.15) is 0 Å². The maximum atomic E-state index is 12.7. The maximum absolute atomic E-state index is 12.7. The molecular weight excluding hydrogens is 442 g/mol. The van der Waals surface area contributed by atoms with E-state index >= 15 is 0 Å². The number of rotatable bonds is 8. The first-order valence-corrected chi connectivity index (χ1v) is 12.3. The number of fused-ring (bicyclic) bond motifs is 2. The molecule has 1 amide bonds. The zero-order chi connectivity index (χ0) is 23.5. The number of thiophene rings is 1. The number of benzene rings is 2. The van der Waals surface area contributed by atoms with Crippen molar-refractivity contribution in [2.75, 3.05) is 11.4 Å². The SMILES string of the molecule is CCCN(Cc1nc2ccccc2n1C)c1ccc2sc(C(=O)NCc3cccnc3)cc2c1. The van der Waals surface area contributed by atoms with Gasteiger partial charge in [0.1, 0.15) is 5.82 Å². The van der Waals surface area contributed by atoms with Gasteiger partial charge in [0, 0.05) is 42.9 Å². The van der Waals surface area contributed by atoms with E-state index in [1.165, 1.54) is 11.3 Å². The Morgan fingerprint density at radius 2 is 2.00 bits per heavy atom. The molecule has 0 saturated heterocycles. The quantitative estimate of drug-likeness (QED) is 0.325. The molecule has 2 aromatic carbocycles. The van der Waals surface area contributed by atoms with Crippen molar-refractivity contribution in [3.63, 3.8) is 0 Å². The van der Waals surface area contributed by atoms with Gasteiger partial charge in [-0.15, -0.1) is 11.3 Å². The molecule has 0 unspecified atom stereocenters. The minimum absolute atomic E-state index is 0.0586. The highest BCUT2D eigenvalue weighted by molar-refractivity contribution is 7.20. The number of hydrogen-bond donors (Lipinski definition) is 1. The summed E-state index contributed by atoms with van der Waals surface area (Å²) < 4.78 is 3.28. The largest absolute Gasteiger partial charge is 0.364 e. The lowest BCUT2D eigenvalue weighted by Crippen LogP contribution is -2.25. The smallest absolute Gasteiger partial charge is 0.261 e. The number of aryl methyl sites for hydroxylation is 1. The van der Waals surface area contributed by atoms with Crippen LogP contribution in [-0.4, -0.2) is 27.0 Å². The Labute approximate surface area is 202 Å². The van der Waals surface area contributed by atoms with Crippen LogP contribution < -0.4 is 10.2 Å². The van der Waals surface area contributed by atoms with Crippen molar-refractivity contribution in [2.45, 2.75) is 26.4 Å². The summed E-state index contributed by atoms with van der Waals surface area (Å²) in [6.45, 7) is 4.31. The van der Waals surface area contributed by atoms with Crippen LogP contribution in [0, 0.1) is 0 Å². The Balaban J connectivity index is 1.37. The van der Waals surface area contributed by atoms with Crippen molar-refractivity contribution in [3.8, 4) is 0 Å². The molecule has 0 spiro atoms. The zero-order valence-corrected chi connectivity index (χ0v) is 20.2. The van der Waals surface area contributed by atoms with Gasteiger partial charge in [-0.05, 0) is 59.8 Å². The molecule has 3 heterocycles. The minimum Gasteiger partial charge on any atom is -0.364 e. The average molecular weight is 470 g/mol. The van der Waals surface area contributed by atoms with Gasteiger partial charge in [-0.1, -0.05) is 25.1 Å². The van der Waals surface area contributed by atoms with Crippen molar-refractivity contribution in [3.05, 3.63) is 89.3 Å². The van der Waals surface area contributed by atoms with Gasteiger partial charge < -0.3 is 14.8 Å². The molecule has 1 N–H and O–H groups in total. The summed E-state index contributed by atoms with van der Waals surface area (Å²) in [5.74, 6) is 0.979. The monoisotopic (exact) mass is 469 g/mol. The number of para-hydroxylation sites is 2. The second-order valence-corrected chi connectivity index (χ2v) is 9.46. The number of carbonyl (C=O) groups is 1.